The van der Waals surface area contributed by atoms with E-state index in [0.29, 0.717) is 63.3 Å². The maximum absolute atomic E-state index is 13.0. The summed E-state index contributed by atoms with van der Waals surface area (Å²) in [6, 6.07) is 9.83. The van der Waals surface area contributed by atoms with Crippen molar-refractivity contribution in [1.29, 1.82) is 5.26 Å². The highest BCUT2D eigenvalue weighted by molar-refractivity contribution is 7.19. The van der Waals surface area contributed by atoms with Gasteiger partial charge in [-0.3, -0.25) is 20.1 Å². The molecule has 1 aromatic carbocycles. The summed E-state index contributed by atoms with van der Waals surface area (Å²) in [5.74, 6) is -0.217. The Morgan fingerprint density at radius 3 is 2.89 bits per heavy atom. The van der Waals surface area contributed by atoms with Crippen molar-refractivity contribution in [3.05, 3.63) is 53.9 Å². The highest BCUT2D eigenvalue weighted by Crippen LogP contribution is 2.30. The summed E-state index contributed by atoms with van der Waals surface area (Å²) in [5.41, 5.74) is 2.39. The van der Waals surface area contributed by atoms with Gasteiger partial charge in [-0.25, -0.2) is 14.8 Å². The third-order valence-corrected chi connectivity index (χ3v) is 6.65. The summed E-state index contributed by atoms with van der Waals surface area (Å²) >= 11 is 1.22. The van der Waals surface area contributed by atoms with Crippen molar-refractivity contribution >= 4 is 45.1 Å². The maximum Gasteiger partial charge on any atom is 0.325 e. The lowest BCUT2D eigenvalue weighted by molar-refractivity contribution is 0.0383. The number of nitriles is 1. The molecular formula is C24H23N9O3S. The number of amides is 3. The van der Waals surface area contributed by atoms with Crippen LogP contribution in [0.3, 0.4) is 0 Å². The molecule has 188 valence electrons. The largest absolute Gasteiger partial charge is 0.379 e. The van der Waals surface area contributed by atoms with Gasteiger partial charge in [0, 0.05) is 38.1 Å². The van der Waals surface area contributed by atoms with Gasteiger partial charge in [0.2, 0.25) is 0 Å². The van der Waals surface area contributed by atoms with E-state index in [2.05, 4.69) is 41.0 Å². The van der Waals surface area contributed by atoms with Gasteiger partial charge in [-0.2, -0.15) is 10.4 Å². The Kier molecular flexibility index (Phi) is 7.31. The van der Waals surface area contributed by atoms with Crippen LogP contribution in [-0.4, -0.2) is 76.4 Å². The lowest BCUT2D eigenvalue weighted by Crippen LogP contribution is -2.41. The Hall–Kier alpha value is -4.38. The number of morpholine rings is 1. The molecule has 0 unspecified atom stereocenters. The standard InChI is InChI=1S/C24H23N9O3S/c25-12-15-2-1-3-16(10-15)29-23(35)31-24-27-14-20(37-24)19-11-17(18-13-28-32-21(18)30-19)22(34)26-4-5-33-6-8-36-9-7-33/h1-3,10-11,13-14H,4-9H2,(H,26,34)(H,28,30,32)(H2,27,29,31,35). The van der Waals surface area contributed by atoms with Crippen molar-refractivity contribution in [3.8, 4) is 16.6 Å². The number of H-pyrrole nitrogens is 1. The predicted molar refractivity (Wildman–Crippen MR) is 138 cm³/mol. The average molecular weight is 518 g/mol. The molecule has 4 aromatic rings. The summed E-state index contributed by atoms with van der Waals surface area (Å²) in [5, 5.41) is 25.2. The minimum absolute atomic E-state index is 0.217. The zero-order valence-corrected chi connectivity index (χ0v) is 20.5. The van der Waals surface area contributed by atoms with Gasteiger partial charge in [0.1, 0.15) is 0 Å². The molecular weight excluding hydrogens is 494 g/mol. The SMILES string of the molecule is N#Cc1cccc(NC(=O)Nc2ncc(-c3cc(C(=O)NCCN4CCOCC4)c4cn[nH]c4n3)s2)c1. The van der Waals surface area contributed by atoms with Crippen LogP contribution < -0.4 is 16.0 Å². The second kappa shape index (κ2) is 11.1. The summed E-state index contributed by atoms with van der Waals surface area (Å²) in [6.07, 6.45) is 3.16. The normalized spacial score (nSPS) is 13.7. The van der Waals surface area contributed by atoms with E-state index in [-0.39, 0.29) is 5.91 Å². The van der Waals surface area contributed by atoms with Crippen LogP contribution in [0.2, 0.25) is 0 Å². The fourth-order valence-electron chi connectivity index (χ4n) is 3.87. The van der Waals surface area contributed by atoms with Crippen molar-refractivity contribution in [2.45, 2.75) is 0 Å². The molecule has 0 aliphatic carbocycles. The minimum atomic E-state index is -0.492. The number of aromatic nitrogens is 4. The lowest BCUT2D eigenvalue weighted by Gasteiger charge is -2.26. The van der Waals surface area contributed by atoms with Crippen molar-refractivity contribution in [2.75, 3.05) is 50.0 Å². The molecule has 37 heavy (non-hydrogen) atoms. The minimum Gasteiger partial charge on any atom is -0.379 e. The van der Waals surface area contributed by atoms with Crippen LogP contribution in [0.4, 0.5) is 15.6 Å². The van der Waals surface area contributed by atoms with Gasteiger partial charge in [-0.1, -0.05) is 17.4 Å². The van der Waals surface area contributed by atoms with Gasteiger partial charge in [-0.05, 0) is 24.3 Å². The molecule has 4 N–H and O–H groups in total. The summed E-state index contributed by atoms with van der Waals surface area (Å²) < 4.78 is 5.36. The van der Waals surface area contributed by atoms with Gasteiger partial charge in [0.25, 0.3) is 5.91 Å². The van der Waals surface area contributed by atoms with E-state index in [1.807, 2.05) is 6.07 Å². The molecule has 0 saturated carbocycles. The molecule has 3 amide bonds. The Morgan fingerprint density at radius 1 is 1.19 bits per heavy atom. The number of pyridine rings is 1. The van der Waals surface area contributed by atoms with Crippen LogP contribution >= 0.6 is 11.3 Å². The first-order chi connectivity index (χ1) is 18.1. The number of benzene rings is 1. The fourth-order valence-corrected chi connectivity index (χ4v) is 4.64. The number of rotatable bonds is 7. The summed E-state index contributed by atoms with van der Waals surface area (Å²) in [7, 11) is 0. The third-order valence-electron chi connectivity index (χ3n) is 5.71. The summed E-state index contributed by atoms with van der Waals surface area (Å²) in [4.78, 5) is 37.2. The fraction of sp³-hybridized carbons (Fsp3) is 0.250. The first-order valence-corrected chi connectivity index (χ1v) is 12.4. The van der Waals surface area contributed by atoms with Crippen LogP contribution in [0.5, 0.6) is 0 Å². The third kappa shape index (κ3) is 5.89. The average Bonchev–Trinajstić information content (AvgIpc) is 3.58. The molecule has 0 bridgehead atoms. The Morgan fingerprint density at radius 2 is 2.05 bits per heavy atom. The Bertz CT molecular complexity index is 1470. The van der Waals surface area contributed by atoms with E-state index in [4.69, 9.17) is 10.00 Å². The number of nitrogens with one attached hydrogen (secondary N) is 4. The monoisotopic (exact) mass is 517 g/mol. The van der Waals surface area contributed by atoms with Gasteiger partial charge >= 0.3 is 6.03 Å². The molecule has 0 radical (unpaired) electrons. The van der Waals surface area contributed by atoms with E-state index in [1.54, 1.807) is 42.7 Å². The van der Waals surface area contributed by atoms with E-state index >= 15 is 0 Å². The number of hydrogen-bond donors (Lipinski definition) is 4. The van der Waals surface area contributed by atoms with Gasteiger partial charge in [0.05, 0.1) is 52.6 Å². The van der Waals surface area contributed by atoms with Crippen LogP contribution in [0.15, 0.2) is 42.7 Å². The molecule has 4 heterocycles. The number of anilines is 2. The van der Waals surface area contributed by atoms with Crippen molar-refractivity contribution in [1.82, 2.24) is 30.4 Å². The lowest BCUT2D eigenvalue weighted by atomic mass is 10.1. The molecule has 0 atom stereocenters. The topological polar surface area (TPSA) is 161 Å². The molecule has 1 aliphatic rings. The van der Waals surface area contributed by atoms with E-state index in [1.165, 1.54) is 11.3 Å². The number of nitrogens with zero attached hydrogens (tertiary/aromatic N) is 5. The zero-order valence-electron chi connectivity index (χ0n) is 19.7. The van der Waals surface area contributed by atoms with Crippen LogP contribution in [0.1, 0.15) is 15.9 Å². The number of aromatic amines is 1. The number of thiazole rings is 1. The second-order valence-electron chi connectivity index (χ2n) is 8.20. The first-order valence-electron chi connectivity index (χ1n) is 11.6. The molecule has 5 rings (SSSR count). The second-order valence-corrected chi connectivity index (χ2v) is 9.23. The molecule has 13 heteroatoms. The Labute approximate surface area is 215 Å². The quantitative estimate of drug-likeness (QED) is 0.291. The molecule has 0 spiro atoms. The molecule has 1 aliphatic heterocycles. The number of urea groups is 1. The molecule has 1 fully saturated rings. The highest BCUT2D eigenvalue weighted by Gasteiger charge is 2.18. The van der Waals surface area contributed by atoms with Gasteiger partial charge in [0.15, 0.2) is 10.8 Å². The zero-order chi connectivity index (χ0) is 25.6. The van der Waals surface area contributed by atoms with Crippen LogP contribution in [-0.2, 0) is 4.74 Å². The van der Waals surface area contributed by atoms with E-state index < -0.39 is 6.03 Å². The van der Waals surface area contributed by atoms with E-state index in [9.17, 15) is 9.59 Å². The van der Waals surface area contributed by atoms with Gasteiger partial charge < -0.3 is 15.4 Å². The number of ether oxygens (including phenoxy) is 1. The number of carbonyl (C=O) groups is 2. The molecule has 12 nitrogen and oxygen atoms in total. The first kappa shape index (κ1) is 24.3. The maximum atomic E-state index is 13.0. The van der Waals surface area contributed by atoms with Crippen LogP contribution in [0.25, 0.3) is 21.6 Å². The number of fused-ring (bicyclic) bond motifs is 1. The van der Waals surface area contributed by atoms with Crippen LogP contribution in [0, 0.1) is 11.3 Å². The number of hydrogen-bond acceptors (Lipinski definition) is 9. The van der Waals surface area contributed by atoms with Gasteiger partial charge in [-0.15, -0.1) is 0 Å². The van der Waals surface area contributed by atoms with Crippen molar-refractivity contribution in [3.63, 3.8) is 0 Å². The molecule has 1 saturated heterocycles. The van der Waals surface area contributed by atoms with Crippen molar-refractivity contribution < 1.29 is 14.3 Å². The summed E-state index contributed by atoms with van der Waals surface area (Å²) in [6.45, 7) is 4.38. The molecule has 3 aromatic heterocycles. The number of carbonyl (C=O) groups excluding carboxylic acids is 2. The smallest absolute Gasteiger partial charge is 0.325 e. The van der Waals surface area contributed by atoms with E-state index in [0.717, 1.165) is 19.6 Å². The predicted octanol–water partition coefficient (Wildman–Crippen LogP) is 2.66. The highest BCUT2D eigenvalue weighted by atomic mass is 32.1. The Balaban J connectivity index is 1.27. The van der Waals surface area contributed by atoms with Crippen molar-refractivity contribution in [2.24, 2.45) is 0 Å².